The summed E-state index contributed by atoms with van der Waals surface area (Å²) in [5.41, 5.74) is 4.85. The molecule has 6 heavy (non-hydrogen) atoms. The highest BCUT2D eigenvalue weighted by molar-refractivity contribution is 4.92. The van der Waals surface area contributed by atoms with E-state index in [1.54, 1.807) is 0 Å². The molecule has 0 atom stereocenters. The lowest BCUT2D eigenvalue weighted by atomic mass is 10.4. The molecule has 0 aliphatic carbocycles. The van der Waals surface area contributed by atoms with Crippen LogP contribution in [0.1, 0.15) is 19.8 Å². The van der Waals surface area contributed by atoms with Crippen molar-refractivity contribution in [1.82, 2.24) is 0 Å². The predicted octanol–water partition coefficient (Wildman–Crippen LogP) is 0.706. The monoisotopic (exact) mass is 83.1 g/mol. The Labute approximate surface area is 38.5 Å². The quantitative estimate of drug-likeness (QED) is 0.366. The fraction of sp³-hybridized carbons (Fsp3) is 0.600. The number of rotatable bonds is 1. The van der Waals surface area contributed by atoms with Gasteiger partial charge in [-0.2, -0.15) is 0 Å². The first-order chi connectivity index (χ1) is 2.91. The number of hydrogen-bond donors (Lipinski definition) is 1. The summed E-state index contributed by atoms with van der Waals surface area (Å²) in [5.74, 6) is 2.73. The van der Waals surface area contributed by atoms with Crippen molar-refractivity contribution in [3.05, 3.63) is 0 Å². The van der Waals surface area contributed by atoms with Crippen LogP contribution in [0.15, 0.2) is 0 Å². The zero-order valence-electron chi connectivity index (χ0n) is 3.99. The third-order valence-corrected chi connectivity index (χ3v) is 0.477. The van der Waals surface area contributed by atoms with Gasteiger partial charge >= 0.3 is 0 Å². The van der Waals surface area contributed by atoms with Crippen molar-refractivity contribution < 1.29 is 0 Å². The third kappa shape index (κ3) is 3.36. The molecular weight excluding hydrogens is 74.1 g/mol. The van der Waals surface area contributed by atoms with E-state index >= 15 is 0 Å². The minimum absolute atomic E-state index is 0.927. The molecule has 0 amide bonds. The van der Waals surface area contributed by atoms with Crippen LogP contribution in [0, 0.1) is 12.0 Å². The summed E-state index contributed by atoms with van der Waals surface area (Å²) in [6.45, 7) is 2.07. The first-order valence-corrected chi connectivity index (χ1v) is 2.10. The van der Waals surface area contributed by atoms with Crippen LogP contribution >= 0.6 is 0 Å². The average Bonchev–Trinajstić information content (AvgIpc) is 1.61. The molecule has 0 rings (SSSR count). The van der Waals surface area contributed by atoms with E-state index in [1.807, 2.05) is 0 Å². The van der Waals surface area contributed by atoms with Gasteiger partial charge in [-0.15, -0.1) is 0 Å². The molecule has 0 fully saturated rings. The maximum atomic E-state index is 4.85. The summed E-state index contributed by atoms with van der Waals surface area (Å²) >= 11 is 0. The minimum atomic E-state index is 0.927. The molecule has 0 bridgehead atoms. The summed E-state index contributed by atoms with van der Waals surface area (Å²) in [7, 11) is 0. The normalized spacial score (nSPS) is 6.17. The molecular formula is C5H9N. The van der Waals surface area contributed by atoms with Gasteiger partial charge in [0.1, 0.15) is 0 Å². The highest BCUT2D eigenvalue weighted by Crippen LogP contribution is 1.78. The molecule has 0 saturated heterocycles. The zero-order chi connectivity index (χ0) is 4.83. The Morgan fingerprint density at radius 1 is 1.67 bits per heavy atom. The lowest BCUT2D eigenvalue weighted by molar-refractivity contribution is 0.982. The summed E-state index contributed by atoms with van der Waals surface area (Å²) in [4.78, 5) is 0. The largest absolute Gasteiger partial charge is 0.359 e. The molecule has 1 nitrogen and oxygen atoms in total. The van der Waals surface area contributed by atoms with Crippen LogP contribution < -0.4 is 5.73 Å². The van der Waals surface area contributed by atoms with Crippen LogP contribution in [0.2, 0.25) is 0 Å². The lowest BCUT2D eigenvalue weighted by Gasteiger charge is -1.71. The molecule has 0 radical (unpaired) electrons. The van der Waals surface area contributed by atoms with Gasteiger partial charge in [0.2, 0.25) is 0 Å². The van der Waals surface area contributed by atoms with Crippen molar-refractivity contribution in [1.29, 1.82) is 0 Å². The fourth-order valence-electron chi connectivity index (χ4n) is 0.197. The van der Waals surface area contributed by atoms with Crippen LogP contribution in [-0.2, 0) is 0 Å². The molecule has 2 N–H and O–H groups in total. The van der Waals surface area contributed by atoms with Gasteiger partial charge in [-0.05, 0) is 6.42 Å². The van der Waals surface area contributed by atoms with Crippen molar-refractivity contribution in [2.45, 2.75) is 19.8 Å². The van der Waals surface area contributed by atoms with Gasteiger partial charge in [-0.25, -0.2) is 0 Å². The van der Waals surface area contributed by atoms with Gasteiger partial charge in [0.05, 0.1) is 0 Å². The molecule has 0 spiro atoms. The van der Waals surface area contributed by atoms with Crippen LogP contribution in [-0.4, -0.2) is 0 Å². The fourth-order valence-corrected chi connectivity index (χ4v) is 0.197. The maximum absolute atomic E-state index is 4.85. The van der Waals surface area contributed by atoms with Crippen LogP contribution in [0.5, 0.6) is 0 Å². The molecule has 0 aromatic carbocycles. The minimum Gasteiger partial charge on any atom is -0.359 e. The Bertz CT molecular complexity index is 65.7. The molecule has 1 heteroatoms. The van der Waals surface area contributed by atoms with Crippen molar-refractivity contribution in [3.8, 4) is 12.0 Å². The molecule has 0 aromatic rings. The van der Waals surface area contributed by atoms with Crippen molar-refractivity contribution >= 4 is 0 Å². The Kier molecular flexibility index (Phi) is 3.89. The van der Waals surface area contributed by atoms with Gasteiger partial charge in [-0.1, -0.05) is 12.8 Å². The first-order valence-electron chi connectivity index (χ1n) is 2.10. The molecule has 0 unspecified atom stereocenters. The average molecular weight is 83.1 g/mol. The standard InChI is InChI=1S/C5H9N/c1-2-3-4-5-6/h2-3,6H2,1H3. The Morgan fingerprint density at radius 2 is 2.33 bits per heavy atom. The van der Waals surface area contributed by atoms with Crippen molar-refractivity contribution in [2.24, 2.45) is 5.73 Å². The third-order valence-electron chi connectivity index (χ3n) is 0.477. The van der Waals surface area contributed by atoms with Gasteiger partial charge < -0.3 is 5.73 Å². The maximum Gasteiger partial charge on any atom is 0.0104 e. The molecule has 0 heterocycles. The van der Waals surface area contributed by atoms with E-state index < -0.39 is 0 Å². The highest BCUT2D eigenvalue weighted by Gasteiger charge is 1.64. The molecule has 34 valence electrons. The van der Waals surface area contributed by atoms with Crippen molar-refractivity contribution in [2.75, 3.05) is 0 Å². The van der Waals surface area contributed by atoms with E-state index in [1.165, 1.54) is 0 Å². The SMILES string of the molecule is CCCC#CN. The molecule has 0 aliphatic rings. The Morgan fingerprint density at radius 3 is 2.50 bits per heavy atom. The first kappa shape index (κ1) is 5.36. The molecule has 0 aromatic heterocycles. The zero-order valence-corrected chi connectivity index (χ0v) is 3.99. The summed E-state index contributed by atoms with van der Waals surface area (Å²) in [6.07, 6.45) is 2.03. The second kappa shape index (κ2) is 4.36. The van der Waals surface area contributed by atoms with Crippen LogP contribution in [0.25, 0.3) is 0 Å². The van der Waals surface area contributed by atoms with Crippen LogP contribution in [0.4, 0.5) is 0 Å². The Balaban J connectivity index is 2.79. The van der Waals surface area contributed by atoms with E-state index in [-0.39, 0.29) is 0 Å². The predicted molar refractivity (Wildman–Crippen MR) is 26.9 cm³/mol. The topological polar surface area (TPSA) is 26.0 Å². The van der Waals surface area contributed by atoms with Gasteiger partial charge in [0.25, 0.3) is 0 Å². The summed E-state index contributed by atoms with van der Waals surface area (Å²) in [6, 6.07) is 2.32. The van der Waals surface area contributed by atoms with Crippen LogP contribution in [0.3, 0.4) is 0 Å². The summed E-state index contributed by atoms with van der Waals surface area (Å²) in [5, 5.41) is 0. The van der Waals surface area contributed by atoms with Gasteiger partial charge in [0, 0.05) is 12.5 Å². The number of hydrogen-bond acceptors (Lipinski definition) is 1. The highest BCUT2D eigenvalue weighted by atomic mass is 14.4. The van der Waals surface area contributed by atoms with E-state index in [4.69, 9.17) is 5.73 Å². The Hall–Kier alpha value is -0.640. The van der Waals surface area contributed by atoms with E-state index in [9.17, 15) is 0 Å². The van der Waals surface area contributed by atoms with E-state index in [2.05, 4.69) is 18.9 Å². The van der Waals surface area contributed by atoms with Gasteiger partial charge in [0.15, 0.2) is 0 Å². The second-order valence-corrected chi connectivity index (χ2v) is 1.07. The van der Waals surface area contributed by atoms with Gasteiger partial charge in [-0.3, -0.25) is 0 Å². The van der Waals surface area contributed by atoms with E-state index in [0.29, 0.717) is 0 Å². The second-order valence-electron chi connectivity index (χ2n) is 1.07. The summed E-state index contributed by atoms with van der Waals surface area (Å²) < 4.78 is 0. The number of nitrogens with two attached hydrogens (primary N) is 1. The molecule has 0 aliphatic heterocycles. The number of unbranched alkanes of at least 4 members (excludes halogenated alkanes) is 1. The van der Waals surface area contributed by atoms with E-state index in [0.717, 1.165) is 12.8 Å². The molecule has 0 saturated carbocycles. The smallest absolute Gasteiger partial charge is 0.0104 e. The lowest BCUT2D eigenvalue weighted by Crippen LogP contribution is -1.75. The van der Waals surface area contributed by atoms with Crippen molar-refractivity contribution in [3.63, 3.8) is 0 Å².